The number of unbranched alkanes of at least 4 members (excludes halogenated alkanes) is 1. The van der Waals surface area contributed by atoms with Crippen molar-refractivity contribution in [3.05, 3.63) is 29.8 Å². The van der Waals surface area contributed by atoms with Crippen LogP contribution in [0.2, 0.25) is 0 Å². The summed E-state index contributed by atoms with van der Waals surface area (Å²) < 4.78 is 0. The molecule has 1 aliphatic rings. The fraction of sp³-hybridized carbons (Fsp3) is 0.500. The number of nitrogens with zero attached hydrogens (tertiary/aromatic N) is 2. The van der Waals surface area contributed by atoms with Crippen LogP contribution in [0.15, 0.2) is 29.3 Å². The predicted molar refractivity (Wildman–Crippen MR) is 102 cm³/mol. The van der Waals surface area contributed by atoms with Crippen LogP contribution in [0.1, 0.15) is 31.7 Å². The molecule has 1 aromatic carbocycles. The summed E-state index contributed by atoms with van der Waals surface area (Å²) >= 11 is 0. The van der Waals surface area contributed by atoms with Gasteiger partial charge < -0.3 is 16.0 Å². The summed E-state index contributed by atoms with van der Waals surface area (Å²) in [6.45, 7) is 3.77. The smallest absolute Gasteiger partial charge is 0.248 e. The van der Waals surface area contributed by atoms with Crippen molar-refractivity contribution in [2.24, 2.45) is 10.7 Å². The fourth-order valence-corrected chi connectivity index (χ4v) is 2.48. The Morgan fingerprint density at radius 3 is 2.95 bits per heavy atom. The number of para-hydroxylation sites is 1. The van der Waals surface area contributed by atoms with Gasteiger partial charge in [-0.15, -0.1) is 24.0 Å². The monoisotopic (exact) mass is 416 g/mol. The SMILES string of the molecule is CCCCNC(N)=NCC(=O)N1CCCc2ccccc21.I. The molecule has 1 aromatic rings. The third-order valence-electron chi connectivity index (χ3n) is 3.63. The second-order valence-corrected chi connectivity index (χ2v) is 5.26. The molecule has 0 aliphatic carbocycles. The van der Waals surface area contributed by atoms with Crippen LogP contribution in [0, 0.1) is 0 Å². The van der Waals surface area contributed by atoms with Gasteiger partial charge in [-0.1, -0.05) is 31.5 Å². The van der Waals surface area contributed by atoms with Gasteiger partial charge in [-0.05, 0) is 30.9 Å². The molecule has 0 atom stereocenters. The Bertz CT molecular complexity index is 519. The molecule has 0 spiro atoms. The number of aliphatic imine (C=N–C) groups is 1. The maximum absolute atomic E-state index is 12.3. The van der Waals surface area contributed by atoms with E-state index >= 15 is 0 Å². The number of anilines is 1. The van der Waals surface area contributed by atoms with Crippen molar-refractivity contribution in [3.8, 4) is 0 Å². The topological polar surface area (TPSA) is 70.7 Å². The minimum atomic E-state index is 0. The number of carbonyl (C=O) groups is 1. The van der Waals surface area contributed by atoms with Gasteiger partial charge in [-0.3, -0.25) is 4.79 Å². The first kappa shape index (κ1) is 18.7. The lowest BCUT2D eigenvalue weighted by molar-refractivity contribution is -0.117. The highest BCUT2D eigenvalue weighted by Gasteiger charge is 2.21. The standard InChI is InChI=1S/C16H24N4O.HI/c1-2-3-10-18-16(17)19-12-15(21)20-11-6-8-13-7-4-5-9-14(13)20;/h4-5,7,9H,2-3,6,8,10-12H2,1H3,(H3,17,18,19);1H. The molecule has 122 valence electrons. The third-order valence-corrected chi connectivity index (χ3v) is 3.63. The van der Waals surface area contributed by atoms with Gasteiger partial charge in [-0.25, -0.2) is 4.99 Å². The zero-order chi connectivity index (χ0) is 15.1. The Hall–Kier alpha value is -1.31. The van der Waals surface area contributed by atoms with Crippen LogP contribution < -0.4 is 16.0 Å². The number of halogens is 1. The molecule has 0 saturated carbocycles. The van der Waals surface area contributed by atoms with Crippen molar-refractivity contribution >= 4 is 41.5 Å². The number of amides is 1. The van der Waals surface area contributed by atoms with Gasteiger partial charge in [0, 0.05) is 18.8 Å². The van der Waals surface area contributed by atoms with E-state index in [0.29, 0.717) is 5.96 Å². The van der Waals surface area contributed by atoms with Crippen LogP contribution in [0.5, 0.6) is 0 Å². The summed E-state index contributed by atoms with van der Waals surface area (Å²) in [4.78, 5) is 18.3. The minimum Gasteiger partial charge on any atom is -0.370 e. The zero-order valence-electron chi connectivity index (χ0n) is 13.0. The molecule has 1 heterocycles. The molecule has 2 rings (SSSR count). The number of rotatable bonds is 5. The summed E-state index contributed by atoms with van der Waals surface area (Å²) in [5, 5.41) is 3.02. The minimum absolute atomic E-state index is 0. The van der Waals surface area contributed by atoms with E-state index in [1.165, 1.54) is 5.56 Å². The average Bonchev–Trinajstić information content (AvgIpc) is 2.52. The van der Waals surface area contributed by atoms with E-state index in [-0.39, 0.29) is 36.4 Å². The van der Waals surface area contributed by atoms with E-state index < -0.39 is 0 Å². The van der Waals surface area contributed by atoms with Crippen molar-refractivity contribution < 1.29 is 4.79 Å². The van der Waals surface area contributed by atoms with Gasteiger partial charge in [0.25, 0.3) is 0 Å². The normalized spacial score (nSPS) is 14.0. The van der Waals surface area contributed by atoms with Gasteiger partial charge in [0.2, 0.25) is 5.91 Å². The Morgan fingerprint density at radius 2 is 2.18 bits per heavy atom. The lowest BCUT2D eigenvalue weighted by Gasteiger charge is -2.29. The molecule has 0 bridgehead atoms. The van der Waals surface area contributed by atoms with Crippen LogP contribution in [-0.4, -0.2) is 31.5 Å². The van der Waals surface area contributed by atoms with Crippen LogP contribution in [0.3, 0.4) is 0 Å². The van der Waals surface area contributed by atoms with E-state index in [0.717, 1.165) is 44.5 Å². The van der Waals surface area contributed by atoms with Gasteiger partial charge in [0.05, 0.1) is 0 Å². The summed E-state index contributed by atoms with van der Waals surface area (Å²) in [6, 6.07) is 8.06. The Morgan fingerprint density at radius 1 is 1.41 bits per heavy atom. The van der Waals surface area contributed by atoms with Crippen LogP contribution in [0.4, 0.5) is 5.69 Å². The van der Waals surface area contributed by atoms with Crippen molar-refractivity contribution in [2.45, 2.75) is 32.6 Å². The highest BCUT2D eigenvalue weighted by atomic mass is 127. The number of guanidine groups is 1. The number of hydrogen-bond acceptors (Lipinski definition) is 2. The number of nitrogens with two attached hydrogens (primary N) is 1. The number of nitrogens with one attached hydrogen (secondary N) is 1. The Kier molecular flexibility index (Phi) is 8.22. The van der Waals surface area contributed by atoms with Crippen molar-refractivity contribution in [1.29, 1.82) is 0 Å². The maximum Gasteiger partial charge on any atom is 0.248 e. The Balaban J connectivity index is 0.00000242. The number of aryl methyl sites for hydroxylation is 1. The summed E-state index contributed by atoms with van der Waals surface area (Å²) in [7, 11) is 0. The maximum atomic E-state index is 12.3. The number of benzene rings is 1. The van der Waals surface area contributed by atoms with Gasteiger partial charge >= 0.3 is 0 Å². The van der Waals surface area contributed by atoms with E-state index in [1.54, 1.807) is 0 Å². The molecule has 0 aromatic heterocycles. The quantitative estimate of drug-likeness (QED) is 0.335. The summed E-state index contributed by atoms with van der Waals surface area (Å²) in [5.41, 5.74) is 8.00. The molecular formula is C16H25IN4O. The van der Waals surface area contributed by atoms with E-state index in [2.05, 4.69) is 23.3 Å². The zero-order valence-corrected chi connectivity index (χ0v) is 15.4. The summed E-state index contributed by atoms with van der Waals surface area (Å²) in [5.74, 6) is 0.351. The van der Waals surface area contributed by atoms with Crippen molar-refractivity contribution in [1.82, 2.24) is 5.32 Å². The molecule has 0 unspecified atom stereocenters. The predicted octanol–water partition coefficient (Wildman–Crippen LogP) is 2.29. The molecule has 1 aliphatic heterocycles. The molecule has 1 amide bonds. The summed E-state index contributed by atoms with van der Waals surface area (Å²) in [6.07, 6.45) is 4.17. The highest BCUT2D eigenvalue weighted by Crippen LogP contribution is 2.26. The van der Waals surface area contributed by atoms with E-state index in [9.17, 15) is 4.79 Å². The first-order chi connectivity index (χ1) is 10.2. The van der Waals surface area contributed by atoms with Gasteiger partial charge in [-0.2, -0.15) is 0 Å². The number of fused-ring (bicyclic) bond motifs is 1. The van der Waals surface area contributed by atoms with Gasteiger partial charge in [0.1, 0.15) is 6.54 Å². The number of hydrogen-bond donors (Lipinski definition) is 2. The lowest BCUT2D eigenvalue weighted by atomic mass is 10.0. The molecule has 0 fully saturated rings. The molecule has 6 heteroatoms. The first-order valence-corrected chi connectivity index (χ1v) is 7.64. The molecular weight excluding hydrogens is 391 g/mol. The van der Waals surface area contributed by atoms with E-state index in [4.69, 9.17) is 5.73 Å². The third kappa shape index (κ3) is 5.15. The molecule has 22 heavy (non-hydrogen) atoms. The lowest BCUT2D eigenvalue weighted by Crippen LogP contribution is -2.38. The molecule has 3 N–H and O–H groups in total. The largest absolute Gasteiger partial charge is 0.370 e. The first-order valence-electron chi connectivity index (χ1n) is 7.64. The number of carbonyl (C=O) groups excluding carboxylic acids is 1. The second-order valence-electron chi connectivity index (χ2n) is 5.26. The van der Waals surface area contributed by atoms with Crippen LogP contribution in [-0.2, 0) is 11.2 Å². The van der Waals surface area contributed by atoms with Crippen LogP contribution in [0.25, 0.3) is 0 Å². The molecule has 0 radical (unpaired) electrons. The van der Waals surface area contributed by atoms with Crippen LogP contribution >= 0.6 is 24.0 Å². The highest BCUT2D eigenvalue weighted by molar-refractivity contribution is 14.0. The fourth-order valence-electron chi connectivity index (χ4n) is 2.48. The average molecular weight is 416 g/mol. The Labute approximate surface area is 149 Å². The van der Waals surface area contributed by atoms with Crippen molar-refractivity contribution in [3.63, 3.8) is 0 Å². The molecule has 5 nitrogen and oxygen atoms in total. The van der Waals surface area contributed by atoms with Gasteiger partial charge in [0.15, 0.2) is 5.96 Å². The second kappa shape index (κ2) is 9.66. The van der Waals surface area contributed by atoms with Crippen molar-refractivity contribution in [2.75, 3.05) is 24.5 Å². The molecule has 0 saturated heterocycles. The van der Waals surface area contributed by atoms with E-state index in [1.807, 2.05) is 23.1 Å².